The number of fused-ring (bicyclic) bond motifs is 18. The minimum absolute atomic E-state index is 0.360. The Morgan fingerprint density at radius 3 is 0.819 bits per heavy atom. The largest absolute Gasteiger partial charge is 0.494 e. The van der Waals surface area contributed by atoms with Crippen LogP contribution in [-0.2, 0) is 22.2 Å². The van der Waals surface area contributed by atoms with E-state index in [0.29, 0.717) is 0 Å². The first-order valence-corrected chi connectivity index (χ1v) is 52.8. The van der Waals surface area contributed by atoms with Crippen molar-refractivity contribution in [2.45, 2.75) is 51.7 Å². The fourth-order valence-corrected chi connectivity index (χ4v) is 22.8. The van der Waals surface area contributed by atoms with Crippen molar-refractivity contribution >= 4 is 132 Å². The topological polar surface area (TPSA) is 38.2 Å². The quantitative estimate of drug-likeness (QED) is 0.114. The Bertz CT molecular complexity index is 9470. The van der Waals surface area contributed by atoms with E-state index in [0.717, 1.165) is 39.8 Å². The zero-order valence-electron chi connectivity index (χ0n) is 83.1. The normalized spacial score (nSPS) is 12.9. The summed E-state index contributed by atoms with van der Waals surface area (Å²) in [6, 6.07) is 190. The maximum Gasteiger partial charge on any atom is 0.494 e. The van der Waals surface area contributed by atoms with Crippen LogP contribution < -0.4 is 5.46 Å². The summed E-state index contributed by atoms with van der Waals surface area (Å²) in [7, 11) is -0.373. The molecule has 0 bridgehead atoms. The van der Waals surface area contributed by atoms with Crippen LogP contribution in [0.1, 0.15) is 49.9 Å². The first kappa shape index (κ1) is 93.1. The molecule has 4 aromatic heterocycles. The molecule has 0 radical (unpaired) electrons. The fourth-order valence-electron chi connectivity index (χ4n) is 22.1. The van der Waals surface area contributed by atoms with Gasteiger partial charge in [-0.2, -0.15) is 0 Å². The van der Waals surface area contributed by atoms with Gasteiger partial charge in [0.2, 0.25) is 0 Å². The summed E-state index contributed by atoms with van der Waals surface area (Å²) >= 11 is 6.93. The van der Waals surface area contributed by atoms with Crippen LogP contribution in [0.15, 0.2) is 537 Å². The average molecular weight is 2040 g/mol. The van der Waals surface area contributed by atoms with Gasteiger partial charge in [0.25, 0.3) is 0 Å². The lowest BCUT2D eigenvalue weighted by molar-refractivity contribution is 0.00578. The third-order valence-electron chi connectivity index (χ3n) is 30.3. The van der Waals surface area contributed by atoms with Gasteiger partial charge in [0.05, 0.1) is 55.3 Å². The maximum atomic E-state index is 6.33. The monoisotopic (exact) mass is 2040 g/mol. The zero-order valence-corrected chi connectivity index (χ0v) is 86.3. The molecule has 712 valence electrons. The van der Waals surface area contributed by atoms with E-state index < -0.39 is 0 Å². The van der Waals surface area contributed by atoms with Crippen LogP contribution in [0, 0.1) is 0 Å². The van der Waals surface area contributed by atoms with Crippen LogP contribution in [-0.4, -0.2) is 36.6 Å². The molecule has 26 aromatic rings. The number of rotatable bonds is 12. The molecule has 1 fully saturated rings. The van der Waals surface area contributed by atoms with Crippen LogP contribution in [0.3, 0.4) is 0 Å². The molecule has 2 aliphatic carbocycles. The third kappa shape index (κ3) is 18.0. The third-order valence-corrected chi connectivity index (χ3v) is 31.4. The molecular weight excluding hydrogens is 1940 g/mol. The lowest BCUT2D eigenvalue weighted by atomic mass is 9.78. The Kier molecular flexibility index (Phi) is 24.8. The predicted molar refractivity (Wildman–Crippen MR) is 635 cm³/mol. The second kappa shape index (κ2) is 39.7. The molecule has 0 N–H and O–H groups in total. The van der Waals surface area contributed by atoms with Gasteiger partial charge >= 0.3 is 7.12 Å². The average Bonchev–Trinajstić information content (AvgIpc) is 1.59. The van der Waals surface area contributed by atoms with E-state index in [4.69, 9.17) is 9.31 Å². The number of nitrogens with zero attached hydrogens (tertiary/aromatic N) is 4. The van der Waals surface area contributed by atoms with E-state index in [2.05, 4.69) is 593 Å². The van der Waals surface area contributed by atoms with Crippen molar-refractivity contribution in [2.24, 2.45) is 0 Å². The van der Waals surface area contributed by atoms with Gasteiger partial charge in [-0.15, -0.1) is 0 Å². The van der Waals surface area contributed by atoms with E-state index in [9.17, 15) is 0 Å². The van der Waals surface area contributed by atoms with Crippen molar-refractivity contribution in [1.82, 2.24) is 18.3 Å². The van der Waals surface area contributed by atoms with Gasteiger partial charge in [0, 0.05) is 74.8 Å². The molecule has 0 saturated carbocycles. The Morgan fingerprint density at radius 1 is 0.181 bits per heavy atom. The van der Waals surface area contributed by atoms with Gasteiger partial charge in [-0.3, -0.25) is 0 Å². The van der Waals surface area contributed by atoms with Crippen molar-refractivity contribution in [3.8, 4) is 123 Å². The molecule has 22 aromatic carbocycles. The number of hydrogen-bond acceptors (Lipinski definition) is 2. The van der Waals surface area contributed by atoms with Gasteiger partial charge in [0.1, 0.15) is 0 Å². The van der Waals surface area contributed by atoms with E-state index in [1.807, 2.05) is 12.1 Å². The second-order valence-electron chi connectivity index (χ2n) is 39.8. The molecule has 1 saturated heterocycles. The van der Waals surface area contributed by atoms with E-state index >= 15 is 0 Å². The predicted octanol–water partition coefficient (Wildman–Crippen LogP) is 37.5. The molecule has 6 nitrogen and oxygen atoms in total. The number of aromatic nitrogens is 4. The number of hydrogen-bond donors (Lipinski definition) is 0. The molecule has 149 heavy (non-hydrogen) atoms. The SMILES string of the molecule is Brc1ccc(-c2ccccc2)cc1.Brc1ccc2c(c1)Cc1ccccc1-2.CC1(C)OB(c2ccc3c(c2)c2ccccc2n3-c2ccc(-c3ccccc3)cc2)OC1(C)C.c1ccc(-c2ccc(-n3c4ccccc4c4cc(-c5ccc6c(c5)Cc5ccccc5-6)ccc43)cc2)cc1.c1ccc(-c2ccc(-n3c4ccccc4c4cc(-c5ccc6c7ccccc7n(-c7ccc(-c8ccccc8)cc7)c6c5)ccc43)cc2)cc1. The lowest BCUT2D eigenvalue weighted by Gasteiger charge is -2.32. The highest BCUT2D eigenvalue weighted by Crippen LogP contribution is 2.46. The smallest absolute Gasteiger partial charge is 0.399 e. The molecule has 29 rings (SSSR count). The van der Waals surface area contributed by atoms with E-state index in [1.54, 1.807) is 0 Å². The highest BCUT2D eigenvalue weighted by atomic mass is 79.9. The van der Waals surface area contributed by atoms with Crippen molar-refractivity contribution in [2.75, 3.05) is 0 Å². The van der Waals surface area contributed by atoms with Crippen LogP contribution in [0.2, 0.25) is 0 Å². The minimum atomic E-state index is -0.373. The molecule has 0 amide bonds. The summed E-state index contributed by atoms with van der Waals surface area (Å²) < 4.78 is 24.5. The Balaban J connectivity index is 0.000000104. The Morgan fingerprint density at radius 2 is 0.430 bits per heavy atom. The van der Waals surface area contributed by atoms with Crippen LogP contribution >= 0.6 is 31.9 Å². The molecule has 5 heterocycles. The van der Waals surface area contributed by atoms with Crippen molar-refractivity contribution < 1.29 is 9.31 Å². The van der Waals surface area contributed by atoms with Gasteiger partial charge in [-0.05, 0) is 302 Å². The van der Waals surface area contributed by atoms with Crippen LogP contribution in [0.25, 0.3) is 210 Å². The standard InChI is InChI=1S/C48H32N2.C37H25N.C30H28BNO2.C13H9Br.C12H9Br/c1-3-11-33(12-4-1)35-19-25-39(26-20-35)49-46-18-10-8-16-42(46)44-31-37(24-30-47(44)49)38-23-29-43-41-15-7-9-17-45(41)50(48(43)32-38)40-27-21-36(22-28-40)34-13-5-2-6-14-34;1-2-8-25(9-3-1)26-14-18-31(19-15-26)38-36-13-7-6-12-34(36)35-24-28(17-21-37(35)38)27-16-20-33-30(22-27)23-29-10-4-5-11-32(29)33;1-29(2)30(3,4)34-31(33-29)23-16-19-28-26(20-23)25-12-8-9-13-27(25)32(28)24-17-14-22(15-18-24)21-10-6-5-7-11-21;14-11-5-6-13-10(8-11)7-9-3-1-2-4-12(9)13;13-12-8-6-11(7-9-12)10-4-2-1-3-5-10/h1-32H;1-22,24H,23H2;5-20H,1-4H3;1-6,8H,7H2;1-9H. The summed E-state index contributed by atoms with van der Waals surface area (Å²) in [5.74, 6) is 0. The zero-order chi connectivity index (χ0) is 100. The molecule has 0 spiro atoms. The second-order valence-corrected chi connectivity index (χ2v) is 41.7. The van der Waals surface area contributed by atoms with Crippen molar-refractivity contribution in [3.63, 3.8) is 0 Å². The molecule has 0 atom stereocenters. The summed E-state index contributed by atoms with van der Waals surface area (Å²) in [6.45, 7) is 8.38. The highest BCUT2D eigenvalue weighted by Gasteiger charge is 2.52. The van der Waals surface area contributed by atoms with Gasteiger partial charge < -0.3 is 27.6 Å². The van der Waals surface area contributed by atoms with Gasteiger partial charge in [-0.1, -0.05) is 426 Å². The molecule has 0 unspecified atom stereocenters. The van der Waals surface area contributed by atoms with Crippen molar-refractivity contribution in [1.29, 1.82) is 0 Å². The molecular formula is C140H103BBr2N4O2. The number of benzene rings is 22. The fraction of sp³-hybridized carbons (Fsp3) is 0.0571. The number of para-hydroxylation sites is 4. The lowest BCUT2D eigenvalue weighted by Crippen LogP contribution is -2.41. The highest BCUT2D eigenvalue weighted by molar-refractivity contribution is 9.10. The Hall–Kier alpha value is -17.0. The minimum Gasteiger partial charge on any atom is -0.399 e. The summed E-state index contributed by atoms with van der Waals surface area (Å²) in [5.41, 5.74) is 43.2. The van der Waals surface area contributed by atoms with E-state index in [1.165, 1.54) is 220 Å². The number of halogens is 2. The van der Waals surface area contributed by atoms with Gasteiger partial charge in [0.15, 0.2) is 0 Å². The van der Waals surface area contributed by atoms with E-state index in [-0.39, 0.29) is 18.3 Å². The Labute approximate surface area is 885 Å². The first-order chi connectivity index (χ1) is 73.2. The van der Waals surface area contributed by atoms with Crippen LogP contribution in [0.4, 0.5) is 0 Å². The van der Waals surface area contributed by atoms with Gasteiger partial charge in [-0.25, -0.2) is 0 Å². The summed E-state index contributed by atoms with van der Waals surface area (Å²) in [6.07, 6.45) is 2.09. The molecule has 3 aliphatic rings. The summed E-state index contributed by atoms with van der Waals surface area (Å²) in [4.78, 5) is 0. The molecule has 1 aliphatic heterocycles. The maximum absolute atomic E-state index is 6.33. The van der Waals surface area contributed by atoms with Crippen molar-refractivity contribution in [3.05, 3.63) is 559 Å². The summed E-state index contributed by atoms with van der Waals surface area (Å²) in [5, 5.41) is 10.0. The molecule has 9 heteroatoms. The van der Waals surface area contributed by atoms with Crippen LogP contribution in [0.5, 0.6) is 0 Å². The first-order valence-electron chi connectivity index (χ1n) is 51.2.